The van der Waals surface area contributed by atoms with E-state index in [4.69, 9.17) is 4.74 Å². The number of amides is 1. The maximum atomic E-state index is 13.1. The van der Waals surface area contributed by atoms with Crippen molar-refractivity contribution < 1.29 is 17.9 Å². The summed E-state index contributed by atoms with van der Waals surface area (Å²) >= 11 is 0. The number of aromatic amines is 1. The molecule has 0 bridgehead atoms. The van der Waals surface area contributed by atoms with E-state index in [0.717, 1.165) is 11.1 Å². The standard InChI is InChI=1S/C24H25N3O5S/c1-16-4-3-5-18(14-16)21-9-8-20(24(29)26-21)23(28)25-19-7-6-17(2)22(15-19)33(30,31)27-10-12-32-13-11-27/h3-9,14-15H,10-13H2,1-2H3,(H,25,28)(H,26,29). The van der Waals surface area contributed by atoms with Crippen LogP contribution in [0, 0.1) is 13.8 Å². The van der Waals surface area contributed by atoms with E-state index >= 15 is 0 Å². The first-order chi connectivity index (χ1) is 15.8. The van der Waals surface area contributed by atoms with E-state index < -0.39 is 21.5 Å². The van der Waals surface area contributed by atoms with Crippen LogP contribution >= 0.6 is 0 Å². The van der Waals surface area contributed by atoms with E-state index in [9.17, 15) is 18.0 Å². The molecule has 0 aliphatic carbocycles. The summed E-state index contributed by atoms with van der Waals surface area (Å²) in [5.74, 6) is -0.620. The summed E-state index contributed by atoms with van der Waals surface area (Å²) in [4.78, 5) is 28.2. The molecule has 1 fully saturated rings. The highest BCUT2D eigenvalue weighted by Gasteiger charge is 2.28. The number of pyridine rings is 1. The van der Waals surface area contributed by atoms with Gasteiger partial charge in [-0.3, -0.25) is 9.59 Å². The quantitative estimate of drug-likeness (QED) is 0.600. The Morgan fingerprint density at radius 3 is 2.48 bits per heavy atom. The lowest BCUT2D eigenvalue weighted by Gasteiger charge is -2.26. The zero-order valence-corrected chi connectivity index (χ0v) is 19.2. The second kappa shape index (κ2) is 9.30. The van der Waals surface area contributed by atoms with Crippen molar-refractivity contribution in [3.05, 3.63) is 81.6 Å². The number of benzene rings is 2. The fraction of sp³-hybridized carbons (Fsp3) is 0.250. The van der Waals surface area contributed by atoms with Crippen molar-refractivity contribution in [1.29, 1.82) is 0 Å². The number of nitrogens with one attached hydrogen (secondary N) is 2. The number of aryl methyl sites for hydroxylation is 2. The van der Waals surface area contributed by atoms with Crippen LogP contribution in [-0.4, -0.2) is 49.9 Å². The monoisotopic (exact) mass is 467 g/mol. The molecule has 9 heteroatoms. The van der Waals surface area contributed by atoms with Gasteiger partial charge in [-0.15, -0.1) is 0 Å². The Hall–Kier alpha value is -3.27. The number of ether oxygens (including phenoxy) is 1. The second-order valence-corrected chi connectivity index (χ2v) is 9.84. The SMILES string of the molecule is Cc1cccc(-c2ccc(C(=O)Nc3ccc(C)c(S(=O)(=O)N4CCOCC4)c3)c(=O)[nH]2)c1. The Morgan fingerprint density at radius 1 is 1.03 bits per heavy atom. The van der Waals surface area contributed by atoms with Gasteiger partial charge in [0, 0.05) is 24.5 Å². The van der Waals surface area contributed by atoms with Crippen LogP contribution in [0.1, 0.15) is 21.5 Å². The summed E-state index contributed by atoms with van der Waals surface area (Å²) in [6.07, 6.45) is 0. The second-order valence-electron chi connectivity index (χ2n) is 7.94. The Morgan fingerprint density at radius 2 is 1.79 bits per heavy atom. The molecule has 8 nitrogen and oxygen atoms in total. The molecule has 4 rings (SSSR count). The zero-order chi connectivity index (χ0) is 23.6. The minimum atomic E-state index is -3.73. The number of H-pyrrole nitrogens is 1. The molecule has 0 radical (unpaired) electrons. The smallest absolute Gasteiger partial charge is 0.261 e. The van der Waals surface area contributed by atoms with Gasteiger partial charge in [-0.25, -0.2) is 8.42 Å². The summed E-state index contributed by atoms with van der Waals surface area (Å²) in [7, 11) is -3.73. The van der Waals surface area contributed by atoms with Crippen molar-refractivity contribution >= 4 is 21.6 Å². The number of aromatic nitrogens is 1. The Balaban J connectivity index is 1.58. The topological polar surface area (TPSA) is 109 Å². The number of anilines is 1. The van der Waals surface area contributed by atoms with E-state index in [1.807, 2.05) is 31.2 Å². The maximum absolute atomic E-state index is 13.1. The highest BCUT2D eigenvalue weighted by Crippen LogP contribution is 2.25. The van der Waals surface area contributed by atoms with Crippen molar-refractivity contribution in [3.63, 3.8) is 0 Å². The fourth-order valence-electron chi connectivity index (χ4n) is 3.71. The number of carbonyl (C=O) groups is 1. The van der Waals surface area contributed by atoms with Crippen LogP contribution in [0.25, 0.3) is 11.3 Å². The molecular formula is C24H25N3O5S. The third kappa shape index (κ3) is 4.90. The number of morpholine rings is 1. The van der Waals surface area contributed by atoms with Crippen LogP contribution in [0.15, 0.2) is 64.3 Å². The molecule has 1 aromatic heterocycles. The molecular weight excluding hydrogens is 442 g/mol. The average molecular weight is 468 g/mol. The van der Waals surface area contributed by atoms with E-state index in [1.54, 1.807) is 25.1 Å². The zero-order valence-electron chi connectivity index (χ0n) is 18.4. The normalized spacial score (nSPS) is 14.7. The minimum Gasteiger partial charge on any atom is -0.379 e. The predicted molar refractivity (Wildman–Crippen MR) is 126 cm³/mol. The molecule has 0 saturated carbocycles. The van der Waals surface area contributed by atoms with Gasteiger partial charge in [0.15, 0.2) is 0 Å². The van der Waals surface area contributed by atoms with Gasteiger partial charge in [-0.1, -0.05) is 29.8 Å². The first-order valence-electron chi connectivity index (χ1n) is 10.6. The molecule has 172 valence electrons. The van der Waals surface area contributed by atoms with E-state index in [1.165, 1.54) is 16.4 Å². The van der Waals surface area contributed by atoms with Crippen molar-refractivity contribution in [1.82, 2.24) is 9.29 Å². The maximum Gasteiger partial charge on any atom is 0.261 e. The average Bonchev–Trinajstić information content (AvgIpc) is 2.80. The third-order valence-electron chi connectivity index (χ3n) is 5.52. The van der Waals surface area contributed by atoms with Gasteiger partial charge in [0.2, 0.25) is 10.0 Å². The summed E-state index contributed by atoms with van der Waals surface area (Å²) in [6, 6.07) is 15.5. The first kappa shape index (κ1) is 22.9. The van der Waals surface area contributed by atoms with Crippen LogP contribution in [0.2, 0.25) is 0 Å². The fourth-order valence-corrected chi connectivity index (χ4v) is 5.37. The summed E-state index contributed by atoms with van der Waals surface area (Å²) in [6.45, 7) is 4.90. The highest BCUT2D eigenvalue weighted by atomic mass is 32.2. The van der Waals surface area contributed by atoms with Gasteiger partial charge < -0.3 is 15.0 Å². The number of hydrogen-bond acceptors (Lipinski definition) is 5. The molecule has 3 aromatic rings. The summed E-state index contributed by atoms with van der Waals surface area (Å²) in [5.41, 5.74) is 2.77. The van der Waals surface area contributed by atoms with Gasteiger partial charge in [0.05, 0.1) is 18.1 Å². The van der Waals surface area contributed by atoms with Crippen molar-refractivity contribution in [2.45, 2.75) is 18.7 Å². The lowest BCUT2D eigenvalue weighted by molar-refractivity contribution is 0.0730. The molecule has 2 heterocycles. The van der Waals surface area contributed by atoms with Gasteiger partial charge in [-0.2, -0.15) is 4.31 Å². The van der Waals surface area contributed by atoms with Gasteiger partial charge >= 0.3 is 0 Å². The van der Waals surface area contributed by atoms with Gasteiger partial charge in [0.1, 0.15) is 5.56 Å². The van der Waals surface area contributed by atoms with Gasteiger partial charge in [0.25, 0.3) is 11.5 Å². The first-order valence-corrected chi connectivity index (χ1v) is 12.0. The molecule has 0 spiro atoms. The molecule has 1 aliphatic heterocycles. The number of sulfonamides is 1. The Kier molecular flexibility index (Phi) is 6.46. The van der Waals surface area contributed by atoms with Gasteiger partial charge in [-0.05, 0) is 55.3 Å². The van der Waals surface area contributed by atoms with Crippen LogP contribution < -0.4 is 10.9 Å². The summed E-state index contributed by atoms with van der Waals surface area (Å²) < 4.78 is 32.8. The predicted octanol–water partition coefficient (Wildman–Crippen LogP) is 2.93. The third-order valence-corrected chi connectivity index (χ3v) is 7.56. The molecule has 33 heavy (non-hydrogen) atoms. The van der Waals surface area contributed by atoms with E-state index in [0.29, 0.717) is 30.2 Å². The number of carbonyl (C=O) groups excluding carboxylic acids is 1. The van der Waals surface area contributed by atoms with Crippen molar-refractivity contribution in [2.24, 2.45) is 0 Å². The van der Waals surface area contributed by atoms with Crippen LogP contribution in [0.3, 0.4) is 0 Å². The number of hydrogen-bond donors (Lipinski definition) is 2. The van der Waals surface area contributed by atoms with E-state index in [-0.39, 0.29) is 23.5 Å². The molecule has 0 unspecified atom stereocenters. The molecule has 1 saturated heterocycles. The lowest BCUT2D eigenvalue weighted by atomic mass is 10.1. The van der Waals surface area contributed by atoms with Crippen LogP contribution in [0.5, 0.6) is 0 Å². The van der Waals surface area contributed by atoms with Crippen LogP contribution in [-0.2, 0) is 14.8 Å². The largest absolute Gasteiger partial charge is 0.379 e. The van der Waals surface area contributed by atoms with E-state index in [2.05, 4.69) is 10.3 Å². The van der Waals surface area contributed by atoms with Crippen molar-refractivity contribution in [2.75, 3.05) is 31.6 Å². The van der Waals surface area contributed by atoms with Crippen LogP contribution in [0.4, 0.5) is 5.69 Å². The molecule has 1 aliphatic rings. The molecule has 0 atom stereocenters. The number of rotatable bonds is 5. The molecule has 2 N–H and O–H groups in total. The number of nitrogens with zero attached hydrogens (tertiary/aromatic N) is 1. The molecule has 2 aromatic carbocycles. The summed E-state index contributed by atoms with van der Waals surface area (Å²) in [5, 5.41) is 2.64. The lowest BCUT2D eigenvalue weighted by Crippen LogP contribution is -2.40. The highest BCUT2D eigenvalue weighted by molar-refractivity contribution is 7.89. The minimum absolute atomic E-state index is 0.0652. The Bertz CT molecular complexity index is 1360. The van der Waals surface area contributed by atoms with Crippen molar-refractivity contribution in [3.8, 4) is 11.3 Å². The molecule has 1 amide bonds. The Labute approximate surface area is 192 Å².